The predicted octanol–water partition coefficient (Wildman–Crippen LogP) is 5.50. The summed E-state index contributed by atoms with van der Waals surface area (Å²) in [5.74, 6) is 1.02. The van der Waals surface area contributed by atoms with Crippen molar-refractivity contribution in [3.05, 3.63) is 83.9 Å². The number of benzene rings is 2. The molecule has 1 heterocycles. The molecule has 1 aliphatic rings. The third-order valence-corrected chi connectivity index (χ3v) is 4.67. The number of allylic oxidation sites excluding steroid dienone is 2. The lowest BCUT2D eigenvalue weighted by Crippen LogP contribution is -2.35. The van der Waals surface area contributed by atoms with Gasteiger partial charge < -0.3 is 0 Å². The van der Waals surface area contributed by atoms with Crippen molar-refractivity contribution in [2.24, 2.45) is 0 Å². The first-order valence-electron chi connectivity index (χ1n) is 7.85. The highest BCUT2D eigenvalue weighted by Crippen LogP contribution is 2.48. The second kappa shape index (κ2) is 5.56. The summed E-state index contributed by atoms with van der Waals surface area (Å²) in [6.07, 6.45) is 4.84. The van der Waals surface area contributed by atoms with E-state index in [4.69, 9.17) is 0 Å². The Balaban J connectivity index is 2.00. The highest BCUT2D eigenvalue weighted by atomic mass is 14.2. The lowest BCUT2D eigenvalue weighted by molar-refractivity contribution is 0.714. The standard InChI is InChI=1S/C20H23B/c1-20(2,3)21-18(16-10-6-4-7-11-16)14-15-19(21)17-12-8-5-9-13-17/h4-15,18-19H,1-3H3/t18-,19+. The van der Waals surface area contributed by atoms with E-state index in [0.29, 0.717) is 18.3 Å². The number of hydrogen-bond donors (Lipinski definition) is 0. The molecule has 0 nitrogen and oxygen atoms in total. The van der Waals surface area contributed by atoms with Gasteiger partial charge in [0.25, 0.3) is 0 Å². The van der Waals surface area contributed by atoms with Gasteiger partial charge in [0.05, 0.1) is 0 Å². The van der Waals surface area contributed by atoms with Crippen LogP contribution >= 0.6 is 0 Å². The lowest BCUT2D eigenvalue weighted by Gasteiger charge is -2.34. The molecular formula is C20H23B. The van der Waals surface area contributed by atoms with E-state index < -0.39 is 0 Å². The van der Waals surface area contributed by atoms with Crippen LogP contribution < -0.4 is 0 Å². The van der Waals surface area contributed by atoms with Crippen LogP contribution in [0.5, 0.6) is 0 Å². The first-order chi connectivity index (χ1) is 10.1. The van der Waals surface area contributed by atoms with Crippen LogP contribution in [-0.2, 0) is 0 Å². The molecule has 0 saturated carbocycles. The molecule has 0 radical (unpaired) electrons. The van der Waals surface area contributed by atoms with Crippen molar-refractivity contribution >= 4 is 6.71 Å². The first kappa shape index (κ1) is 14.2. The molecule has 0 fully saturated rings. The zero-order valence-corrected chi connectivity index (χ0v) is 13.2. The summed E-state index contributed by atoms with van der Waals surface area (Å²) in [7, 11) is 0. The van der Waals surface area contributed by atoms with Gasteiger partial charge in [-0.25, -0.2) is 0 Å². The average Bonchev–Trinajstić information content (AvgIpc) is 2.94. The van der Waals surface area contributed by atoms with Crippen molar-refractivity contribution in [3.63, 3.8) is 0 Å². The largest absolute Gasteiger partial charge is 0.171 e. The number of rotatable bonds is 2. The average molecular weight is 274 g/mol. The predicted molar refractivity (Wildman–Crippen MR) is 93.0 cm³/mol. The molecule has 1 heteroatoms. The van der Waals surface area contributed by atoms with Gasteiger partial charge in [-0.2, -0.15) is 0 Å². The maximum Gasteiger partial charge on any atom is 0.171 e. The smallest absolute Gasteiger partial charge is 0.0884 e. The fourth-order valence-electron chi connectivity index (χ4n) is 3.77. The van der Waals surface area contributed by atoms with Crippen LogP contribution in [0.1, 0.15) is 43.5 Å². The van der Waals surface area contributed by atoms with E-state index in [1.165, 1.54) is 11.1 Å². The van der Waals surface area contributed by atoms with Gasteiger partial charge in [-0.05, 0) is 22.8 Å². The van der Waals surface area contributed by atoms with Crippen molar-refractivity contribution in [3.8, 4) is 0 Å². The van der Waals surface area contributed by atoms with E-state index >= 15 is 0 Å². The fraction of sp³-hybridized carbons (Fsp3) is 0.300. The fourth-order valence-corrected chi connectivity index (χ4v) is 3.77. The van der Waals surface area contributed by atoms with Crippen LogP contribution in [0.25, 0.3) is 0 Å². The summed E-state index contributed by atoms with van der Waals surface area (Å²) in [6, 6.07) is 21.9. The second-order valence-corrected chi connectivity index (χ2v) is 7.15. The summed E-state index contributed by atoms with van der Waals surface area (Å²) < 4.78 is 0. The van der Waals surface area contributed by atoms with Gasteiger partial charge in [-0.3, -0.25) is 0 Å². The van der Waals surface area contributed by atoms with Gasteiger partial charge in [0.1, 0.15) is 0 Å². The lowest BCUT2D eigenvalue weighted by atomic mass is 9.24. The molecule has 0 spiro atoms. The van der Waals surface area contributed by atoms with E-state index in [1.807, 2.05) is 0 Å². The Kier molecular flexibility index (Phi) is 3.76. The Morgan fingerprint density at radius 3 is 1.38 bits per heavy atom. The molecule has 0 aliphatic carbocycles. The van der Waals surface area contributed by atoms with Gasteiger partial charge in [-0.15, -0.1) is 0 Å². The molecule has 0 saturated heterocycles. The van der Waals surface area contributed by atoms with Crippen LogP contribution in [0.2, 0.25) is 5.31 Å². The molecule has 106 valence electrons. The monoisotopic (exact) mass is 274 g/mol. The van der Waals surface area contributed by atoms with Crippen LogP contribution in [0.3, 0.4) is 0 Å². The van der Waals surface area contributed by atoms with E-state index in [-0.39, 0.29) is 5.31 Å². The first-order valence-corrected chi connectivity index (χ1v) is 7.85. The number of hydrogen-bond acceptors (Lipinski definition) is 0. The van der Waals surface area contributed by atoms with E-state index in [0.717, 1.165) is 0 Å². The Hall–Kier alpha value is -1.76. The zero-order chi connectivity index (χ0) is 14.9. The second-order valence-electron chi connectivity index (χ2n) is 7.15. The van der Waals surface area contributed by atoms with Crippen molar-refractivity contribution in [2.75, 3.05) is 0 Å². The van der Waals surface area contributed by atoms with E-state index in [1.54, 1.807) is 0 Å². The topological polar surface area (TPSA) is 0 Å². The molecular weight excluding hydrogens is 251 g/mol. The molecule has 2 aromatic carbocycles. The third kappa shape index (κ3) is 2.83. The van der Waals surface area contributed by atoms with Crippen LogP contribution in [0.4, 0.5) is 0 Å². The Bertz CT molecular complexity index is 558. The normalized spacial score (nSPS) is 21.8. The van der Waals surface area contributed by atoms with Crippen LogP contribution in [-0.4, -0.2) is 6.71 Å². The Morgan fingerprint density at radius 1 is 0.667 bits per heavy atom. The van der Waals surface area contributed by atoms with Gasteiger partial charge in [0.2, 0.25) is 0 Å². The zero-order valence-electron chi connectivity index (χ0n) is 13.2. The molecule has 2 aromatic rings. The van der Waals surface area contributed by atoms with Crippen LogP contribution in [0.15, 0.2) is 72.8 Å². The highest BCUT2D eigenvalue weighted by Gasteiger charge is 2.44. The van der Waals surface area contributed by atoms with Gasteiger partial charge in [0.15, 0.2) is 6.71 Å². The summed E-state index contributed by atoms with van der Waals surface area (Å²) in [5, 5.41) is 0.268. The molecule has 0 unspecified atom stereocenters. The SMILES string of the molecule is CC(C)(C)B1[C@H](c2ccccc2)C=C[C@@H]1c1ccccc1. The molecule has 1 aliphatic heterocycles. The highest BCUT2D eigenvalue weighted by molar-refractivity contribution is 6.67. The van der Waals surface area contributed by atoms with E-state index in [9.17, 15) is 0 Å². The maximum atomic E-state index is 2.42. The van der Waals surface area contributed by atoms with Crippen molar-refractivity contribution in [1.29, 1.82) is 0 Å². The summed E-state index contributed by atoms with van der Waals surface area (Å²) in [5.41, 5.74) is 2.87. The van der Waals surface area contributed by atoms with Crippen molar-refractivity contribution in [1.82, 2.24) is 0 Å². The molecule has 3 rings (SSSR count). The Morgan fingerprint density at radius 2 is 1.05 bits per heavy atom. The molecule has 2 atom stereocenters. The van der Waals surface area contributed by atoms with Crippen LogP contribution in [0, 0.1) is 0 Å². The summed E-state index contributed by atoms with van der Waals surface area (Å²) in [4.78, 5) is 0. The molecule has 21 heavy (non-hydrogen) atoms. The van der Waals surface area contributed by atoms with Crippen molar-refractivity contribution in [2.45, 2.75) is 37.7 Å². The molecule has 0 bridgehead atoms. The van der Waals surface area contributed by atoms with Crippen molar-refractivity contribution < 1.29 is 0 Å². The molecule has 0 amide bonds. The van der Waals surface area contributed by atoms with E-state index in [2.05, 4.69) is 93.6 Å². The minimum atomic E-state index is 0.268. The molecule has 0 aromatic heterocycles. The summed E-state index contributed by atoms with van der Waals surface area (Å²) in [6.45, 7) is 7.71. The minimum Gasteiger partial charge on any atom is -0.0884 e. The Labute approximate surface area is 129 Å². The van der Waals surface area contributed by atoms with Gasteiger partial charge in [0, 0.05) is 0 Å². The summed E-state index contributed by atoms with van der Waals surface area (Å²) >= 11 is 0. The quantitative estimate of drug-likeness (QED) is 0.501. The third-order valence-electron chi connectivity index (χ3n) is 4.67. The maximum absolute atomic E-state index is 2.42. The van der Waals surface area contributed by atoms with Gasteiger partial charge >= 0.3 is 0 Å². The molecule has 0 N–H and O–H groups in total. The van der Waals surface area contributed by atoms with Gasteiger partial charge in [-0.1, -0.05) is 98.9 Å². The minimum absolute atomic E-state index is 0.268.